The van der Waals surface area contributed by atoms with Gasteiger partial charge in [0.2, 0.25) is 0 Å². The van der Waals surface area contributed by atoms with Crippen LogP contribution in [-0.4, -0.2) is 19.8 Å². The van der Waals surface area contributed by atoms with Crippen LogP contribution in [0.25, 0.3) is 11.1 Å². The van der Waals surface area contributed by atoms with E-state index in [1.54, 1.807) is 12.1 Å². The molecule has 216 valence electrons. The topological polar surface area (TPSA) is 60.7 Å². The Labute approximate surface area is 228 Å². The molecule has 0 heterocycles. The Morgan fingerprint density at radius 1 is 0.675 bits per heavy atom. The highest BCUT2D eigenvalue weighted by molar-refractivity contribution is 5.78. The molecule has 0 saturated carbocycles. The van der Waals surface area contributed by atoms with Gasteiger partial charge in [0.05, 0.1) is 30.9 Å². The van der Waals surface area contributed by atoms with Gasteiger partial charge in [0.1, 0.15) is 58.8 Å². The second kappa shape index (κ2) is 16.1. The van der Waals surface area contributed by atoms with E-state index in [1.165, 1.54) is 6.07 Å². The average Bonchev–Trinajstić information content (AvgIpc) is 2.93. The molecule has 11 heteroatoms. The normalized spacial score (nSPS) is 10.3. The van der Waals surface area contributed by atoms with Gasteiger partial charge in [-0.1, -0.05) is 20.8 Å². The highest BCUT2D eigenvalue weighted by atomic mass is 19.3. The Bertz CT molecular complexity index is 1240. The number of nitriles is 1. The van der Waals surface area contributed by atoms with E-state index in [2.05, 4.69) is 4.94 Å². The van der Waals surface area contributed by atoms with Gasteiger partial charge >= 0.3 is 0 Å². The molecular weight excluding hydrogens is 540 g/mol. The third-order valence-corrected chi connectivity index (χ3v) is 5.22. The summed E-state index contributed by atoms with van der Waals surface area (Å²) in [6.07, 6.45) is 2.35. The molecule has 0 aliphatic rings. The lowest BCUT2D eigenvalue weighted by molar-refractivity contribution is -0.00692. The number of hydrogen-bond acceptors (Lipinski definition) is 5. The van der Waals surface area contributed by atoms with E-state index in [1.807, 2.05) is 20.8 Å². The van der Waals surface area contributed by atoms with Crippen LogP contribution in [0.1, 0.15) is 51.2 Å². The summed E-state index contributed by atoms with van der Waals surface area (Å²) in [5.41, 5.74) is -0.685. The standard InChI is InChI=1S/C22H27F3O3.C7H2F3NO/c1-4-7-26-16-12-20(27-8-5-2)22(21(13-16)28-9-6-3)15-10-18(24)17(14-23)19(25)11-15;8-6-1-4(12-10)2-7(9)5(6)3-11/h10-13H,4-9,14H2,1-3H3;1-2H. The molecule has 0 fully saturated rings. The molecule has 0 aromatic heterocycles. The van der Waals surface area contributed by atoms with E-state index in [9.17, 15) is 26.5 Å². The van der Waals surface area contributed by atoms with E-state index in [-0.39, 0.29) is 5.56 Å². The fourth-order valence-electron chi connectivity index (χ4n) is 3.38. The second-order valence-electron chi connectivity index (χ2n) is 8.34. The van der Waals surface area contributed by atoms with Crippen LogP contribution in [0.2, 0.25) is 0 Å². The monoisotopic (exact) mass is 569 g/mol. The first-order valence-corrected chi connectivity index (χ1v) is 12.5. The lowest BCUT2D eigenvalue weighted by atomic mass is 10.0. The summed E-state index contributed by atoms with van der Waals surface area (Å²) in [6, 6.07) is 8.06. The van der Waals surface area contributed by atoms with Gasteiger partial charge in [-0.2, -0.15) is 5.26 Å². The van der Waals surface area contributed by atoms with Gasteiger partial charge in [-0.15, -0.1) is 0 Å². The summed E-state index contributed by atoms with van der Waals surface area (Å²) in [4.78, 5) is 3.09. The Balaban J connectivity index is 0.000000389. The molecule has 0 N–H and O–H groups in total. The third-order valence-electron chi connectivity index (χ3n) is 5.22. The van der Waals surface area contributed by atoms with Gasteiger partial charge in [-0.05, 0) is 37.0 Å². The first kappa shape index (κ1) is 32.1. The van der Waals surface area contributed by atoms with Crippen LogP contribution >= 0.6 is 0 Å². The maximum Gasteiger partial charge on any atom is 0.177 e. The number of nitrogens with zero attached hydrogens (tertiary/aromatic N) is 1. The number of ether oxygens (including phenoxy) is 3. The lowest BCUT2D eigenvalue weighted by Crippen LogP contribution is -2.04. The maximum atomic E-state index is 14.2. The van der Waals surface area contributed by atoms with Crippen LogP contribution < -0.4 is 19.2 Å². The maximum absolute atomic E-state index is 14.2. The first-order chi connectivity index (χ1) is 19.2. The molecule has 0 saturated heterocycles. The van der Waals surface area contributed by atoms with Crippen molar-refractivity contribution < 1.29 is 45.6 Å². The van der Waals surface area contributed by atoms with Gasteiger partial charge in [0.25, 0.3) is 0 Å². The average molecular weight is 570 g/mol. The number of halogens is 6. The van der Waals surface area contributed by atoms with E-state index >= 15 is 0 Å². The largest absolute Gasteiger partial charge is 0.493 e. The molecule has 3 rings (SSSR count). The molecule has 0 radical (unpaired) electrons. The molecule has 0 aliphatic carbocycles. The Morgan fingerprint density at radius 2 is 1.15 bits per heavy atom. The van der Waals surface area contributed by atoms with E-state index in [0.29, 0.717) is 54.8 Å². The quantitative estimate of drug-likeness (QED) is 0.205. The zero-order valence-corrected chi connectivity index (χ0v) is 22.3. The van der Waals surface area contributed by atoms with Crippen LogP contribution in [0.5, 0.6) is 23.0 Å². The first-order valence-electron chi connectivity index (χ1n) is 12.5. The number of hydrogen-bond donors (Lipinski definition) is 0. The Morgan fingerprint density at radius 3 is 1.55 bits per heavy atom. The summed E-state index contributed by atoms with van der Waals surface area (Å²) in [7, 11) is 0. The van der Waals surface area contributed by atoms with Gasteiger partial charge in [0, 0.05) is 28.8 Å². The van der Waals surface area contributed by atoms with E-state index < -0.39 is 46.8 Å². The molecule has 40 heavy (non-hydrogen) atoms. The molecule has 0 spiro atoms. The minimum Gasteiger partial charge on any atom is -0.493 e. The summed E-state index contributed by atoms with van der Waals surface area (Å²) in [6.45, 7) is 6.07. The van der Waals surface area contributed by atoms with Crippen LogP contribution in [-0.2, 0) is 6.67 Å². The highest BCUT2D eigenvalue weighted by Crippen LogP contribution is 2.43. The van der Waals surface area contributed by atoms with Crippen LogP contribution in [0, 0.1) is 34.6 Å². The summed E-state index contributed by atoms with van der Waals surface area (Å²) in [5, 5.41) is 8.20. The fraction of sp³-hybridized carbons (Fsp3) is 0.345. The van der Waals surface area contributed by atoms with Crippen molar-refractivity contribution in [2.45, 2.75) is 46.7 Å². The predicted molar refractivity (Wildman–Crippen MR) is 137 cm³/mol. The van der Waals surface area contributed by atoms with Gasteiger partial charge in [-0.3, -0.25) is 4.94 Å². The molecule has 3 aromatic carbocycles. The number of benzene rings is 3. The smallest absolute Gasteiger partial charge is 0.177 e. The van der Waals surface area contributed by atoms with Crippen molar-refractivity contribution in [2.24, 2.45) is 0 Å². The Kier molecular flexibility index (Phi) is 13.0. The molecule has 5 nitrogen and oxygen atoms in total. The molecule has 3 aromatic rings. The van der Waals surface area contributed by atoms with Gasteiger partial charge in [-0.25, -0.2) is 22.0 Å². The minimum absolute atomic E-state index is 0.228. The predicted octanol–water partition coefficient (Wildman–Crippen LogP) is 8.57. The molecular formula is C29H29F6NO4. The van der Waals surface area contributed by atoms with Gasteiger partial charge in [0.15, 0.2) is 5.75 Å². The van der Waals surface area contributed by atoms with Crippen molar-refractivity contribution in [3.63, 3.8) is 0 Å². The SMILES string of the molecule is CCCOc1cc(OCCC)c(-c2cc(F)c(CF)c(F)c2)c(OCCC)c1.N#Cc1c(F)cc(OF)cc1F. The number of rotatable bonds is 12. The van der Waals surface area contributed by atoms with E-state index in [0.717, 1.165) is 31.4 Å². The van der Waals surface area contributed by atoms with Crippen molar-refractivity contribution in [1.29, 1.82) is 5.26 Å². The highest BCUT2D eigenvalue weighted by Gasteiger charge is 2.20. The summed E-state index contributed by atoms with van der Waals surface area (Å²) in [5.74, 6) is -3.40. The number of alkyl halides is 1. The van der Waals surface area contributed by atoms with E-state index in [4.69, 9.17) is 19.5 Å². The second-order valence-corrected chi connectivity index (χ2v) is 8.34. The van der Waals surface area contributed by atoms with Crippen LogP contribution in [0.4, 0.5) is 26.5 Å². The zero-order chi connectivity index (χ0) is 29.7. The van der Waals surface area contributed by atoms with Crippen LogP contribution in [0.15, 0.2) is 36.4 Å². The summed E-state index contributed by atoms with van der Waals surface area (Å²) < 4.78 is 95.3. The Hall–Kier alpha value is -4.07. The zero-order valence-electron chi connectivity index (χ0n) is 22.3. The van der Waals surface area contributed by atoms with Gasteiger partial charge < -0.3 is 14.2 Å². The molecule has 0 amide bonds. The summed E-state index contributed by atoms with van der Waals surface area (Å²) >= 11 is 0. The van der Waals surface area contributed by atoms with Crippen LogP contribution in [0.3, 0.4) is 0 Å². The lowest BCUT2D eigenvalue weighted by Gasteiger charge is -2.19. The fourth-order valence-corrected chi connectivity index (χ4v) is 3.38. The van der Waals surface area contributed by atoms with Crippen molar-refractivity contribution >= 4 is 0 Å². The molecule has 0 unspecified atom stereocenters. The van der Waals surface area contributed by atoms with Crippen molar-refractivity contribution in [1.82, 2.24) is 0 Å². The molecule has 0 aliphatic heterocycles. The third kappa shape index (κ3) is 8.46. The molecule has 0 bridgehead atoms. The minimum atomic E-state index is -1.21. The van der Waals surface area contributed by atoms with Crippen molar-refractivity contribution in [2.75, 3.05) is 19.8 Å². The van der Waals surface area contributed by atoms with Crippen molar-refractivity contribution in [3.8, 4) is 40.2 Å². The molecule has 0 atom stereocenters. The van der Waals surface area contributed by atoms with Crippen molar-refractivity contribution in [3.05, 3.63) is 70.8 Å².